The second-order valence-corrected chi connectivity index (χ2v) is 6.31. The van der Waals surface area contributed by atoms with Gasteiger partial charge in [0.05, 0.1) is 30.9 Å². The number of methoxy groups -OCH3 is 1. The average Bonchev–Trinajstić information content (AvgIpc) is 2.93. The molecule has 0 saturated heterocycles. The predicted molar refractivity (Wildman–Crippen MR) is 97.4 cm³/mol. The van der Waals surface area contributed by atoms with E-state index < -0.39 is 23.8 Å². The van der Waals surface area contributed by atoms with Crippen LogP contribution in [0.15, 0.2) is 48.5 Å². The van der Waals surface area contributed by atoms with Crippen LogP contribution in [0.5, 0.6) is 5.75 Å². The molecule has 3 rings (SSSR count). The zero-order chi connectivity index (χ0) is 19.6. The van der Waals surface area contributed by atoms with Gasteiger partial charge >= 0.3 is 0 Å². The standard InChI is InChI=1S/C20H20N2O5/c1-21(11-17(23)13-7-9-14(27-2)10-8-13)18(24)12-22-19(25)15-5-3-4-6-16(15)20(22)26/h3-10,17,23H,11-12H2,1-2H3. The Morgan fingerprint density at radius 3 is 2.15 bits per heavy atom. The Balaban J connectivity index is 1.62. The van der Waals surface area contributed by atoms with Gasteiger partial charge in [0.2, 0.25) is 5.91 Å². The molecule has 1 N–H and O–H groups in total. The molecule has 27 heavy (non-hydrogen) atoms. The Labute approximate surface area is 156 Å². The third-order valence-corrected chi connectivity index (χ3v) is 4.54. The van der Waals surface area contributed by atoms with Crippen LogP contribution in [0, 0.1) is 0 Å². The molecule has 140 valence electrons. The van der Waals surface area contributed by atoms with Gasteiger partial charge in [-0.3, -0.25) is 19.3 Å². The van der Waals surface area contributed by atoms with Crippen molar-refractivity contribution in [3.05, 3.63) is 65.2 Å². The highest BCUT2D eigenvalue weighted by atomic mass is 16.5. The van der Waals surface area contributed by atoms with Gasteiger partial charge in [0, 0.05) is 7.05 Å². The highest BCUT2D eigenvalue weighted by Gasteiger charge is 2.36. The molecular weight excluding hydrogens is 348 g/mol. The van der Waals surface area contributed by atoms with Crippen LogP contribution in [-0.4, -0.2) is 59.9 Å². The molecule has 1 atom stereocenters. The number of likely N-dealkylation sites (N-methyl/N-ethyl adjacent to an activating group) is 1. The Bertz CT molecular complexity index is 843. The van der Waals surface area contributed by atoms with Gasteiger partial charge in [-0.25, -0.2) is 0 Å². The minimum absolute atomic E-state index is 0.0360. The number of fused-ring (bicyclic) bond motifs is 1. The Hall–Kier alpha value is -3.19. The summed E-state index contributed by atoms with van der Waals surface area (Å²) in [4.78, 5) is 39.4. The molecule has 0 aromatic heterocycles. The maximum atomic E-state index is 12.5. The van der Waals surface area contributed by atoms with Crippen LogP contribution in [0.1, 0.15) is 32.4 Å². The highest BCUT2D eigenvalue weighted by molar-refractivity contribution is 6.22. The van der Waals surface area contributed by atoms with Gasteiger partial charge < -0.3 is 14.7 Å². The molecule has 1 heterocycles. The number of rotatable bonds is 6. The first-order chi connectivity index (χ1) is 12.9. The van der Waals surface area contributed by atoms with Crippen molar-refractivity contribution in [3.63, 3.8) is 0 Å². The maximum Gasteiger partial charge on any atom is 0.262 e. The van der Waals surface area contributed by atoms with Crippen LogP contribution in [0.3, 0.4) is 0 Å². The fourth-order valence-corrected chi connectivity index (χ4v) is 2.93. The molecule has 7 nitrogen and oxygen atoms in total. The fraction of sp³-hybridized carbons (Fsp3) is 0.250. The second kappa shape index (κ2) is 7.59. The minimum atomic E-state index is -0.896. The number of carbonyl (C=O) groups is 3. The molecule has 0 bridgehead atoms. The van der Waals surface area contributed by atoms with Gasteiger partial charge in [-0.15, -0.1) is 0 Å². The first-order valence-electron chi connectivity index (χ1n) is 8.43. The van der Waals surface area contributed by atoms with E-state index in [9.17, 15) is 19.5 Å². The molecular formula is C20H20N2O5. The number of hydrogen-bond acceptors (Lipinski definition) is 5. The number of imide groups is 1. The van der Waals surface area contributed by atoms with Crippen LogP contribution < -0.4 is 4.74 Å². The van der Waals surface area contributed by atoms with Gasteiger partial charge in [0.15, 0.2) is 0 Å². The van der Waals surface area contributed by atoms with E-state index in [0.717, 1.165) is 4.90 Å². The van der Waals surface area contributed by atoms with Crippen LogP contribution in [-0.2, 0) is 4.79 Å². The quantitative estimate of drug-likeness (QED) is 0.781. The summed E-state index contributed by atoms with van der Waals surface area (Å²) in [5, 5.41) is 10.3. The Kier molecular flexibility index (Phi) is 5.23. The molecule has 0 saturated carbocycles. The fourth-order valence-electron chi connectivity index (χ4n) is 2.93. The van der Waals surface area contributed by atoms with E-state index in [1.807, 2.05) is 0 Å². The van der Waals surface area contributed by atoms with Crippen molar-refractivity contribution < 1.29 is 24.2 Å². The monoisotopic (exact) mass is 368 g/mol. The Morgan fingerprint density at radius 1 is 1.07 bits per heavy atom. The summed E-state index contributed by atoms with van der Waals surface area (Å²) in [6, 6.07) is 13.4. The van der Waals surface area contributed by atoms with Crippen molar-refractivity contribution in [2.24, 2.45) is 0 Å². The molecule has 3 amide bonds. The summed E-state index contributed by atoms with van der Waals surface area (Å²) in [5.41, 5.74) is 1.24. The van der Waals surface area contributed by atoms with Gasteiger partial charge in [0.1, 0.15) is 12.3 Å². The molecule has 2 aromatic carbocycles. The van der Waals surface area contributed by atoms with Gasteiger partial charge in [-0.05, 0) is 29.8 Å². The summed E-state index contributed by atoms with van der Waals surface area (Å²) < 4.78 is 5.07. The largest absolute Gasteiger partial charge is 0.497 e. The van der Waals surface area contributed by atoms with Gasteiger partial charge in [-0.2, -0.15) is 0 Å². The van der Waals surface area contributed by atoms with Crippen molar-refractivity contribution in [2.45, 2.75) is 6.10 Å². The number of benzene rings is 2. The molecule has 0 spiro atoms. The topological polar surface area (TPSA) is 87.2 Å². The van der Waals surface area contributed by atoms with E-state index in [2.05, 4.69) is 0 Å². The van der Waals surface area contributed by atoms with E-state index in [1.54, 1.807) is 55.6 Å². The summed E-state index contributed by atoms with van der Waals surface area (Å²) >= 11 is 0. The van der Waals surface area contributed by atoms with Crippen LogP contribution in [0.4, 0.5) is 0 Å². The van der Waals surface area contributed by atoms with E-state index in [0.29, 0.717) is 22.4 Å². The first kappa shape index (κ1) is 18.6. The van der Waals surface area contributed by atoms with E-state index >= 15 is 0 Å². The van der Waals surface area contributed by atoms with Crippen molar-refractivity contribution in [1.82, 2.24) is 9.80 Å². The molecule has 0 radical (unpaired) electrons. The van der Waals surface area contributed by atoms with Crippen molar-refractivity contribution in [2.75, 3.05) is 27.2 Å². The maximum absolute atomic E-state index is 12.5. The number of carbonyl (C=O) groups excluding carboxylic acids is 3. The predicted octanol–water partition coefficient (Wildman–Crippen LogP) is 1.48. The van der Waals surface area contributed by atoms with Crippen LogP contribution in [0.2, 0.25) is 0 Å². The number of amides is 3. The highest BCUT2D eigenvalue weighted by Crippen LogP contribution is 2.23. The molecule has 0 aliphatic carbocycles. The minimum Gasteiger partial charge on any atom is -0.497 e. The van der Waals surface area contributed by atoms with Crippen molar-refractivity contribution in [1.29, 1.82) is 0 Å². The number of ether oxygens (including phenoxy) is 1. The lowest BCUT2D eigenvalue weighted by Gasteiger charge is -2.23. The lowest BCUT2D eigenvalue weighted by molar-refractivity contribution is -0.131. The summed E-state index contributed by atoms with van der Waals surface area (Å²) in [7, 11) is 3.07. The van der Waals surface area contributed by atoms with Crippen molar-refractivity contribution >= 4 is 17.7 Å². The smallest absolute Gasteiger partial charge is 0.262 e. The summed E-state index contributed by atoms with van der Waals surface area (Å²) in [5.74, 6) is -0.723. The third-order valence-electron chi connectivity index (χ3n) is 4.54. The Morgan fingerprint density at radius 2 is 1.63 bits per heavy atom. The first-order valence-corrected chi connectivity index (χ1v) is 8.43. The lowest BCUT2D eigenvalue weighted by atomic mass is 10.1. The van der Waals surface area contributed by atoms with E-state index in [4.69, 9.17) is 4.74 Å². The molecule has 1 unspecified atom stereocenters. The number of aliphatic hydroxyl groups excluding tert-OH is 1. The van der Waals surface area contributed by atoms with Crippen molar-refractivity contribution in [3.8, 4) is 5.75 Å². The average molecular weight is 368 g/mol. The van der Waals surface area contributed by atoms with E-state index in [-0.39, 0.29) is 13.1 Å². The zero-order valence-electron chi connectivity index (χ0n) is 15.1. The van der Waals surface area contributed by atoms with Crippen LogP contribution >= 0.6 is 0 Å². The second-order valence-electron chi connectivity index (χ2n) is 6.31. The number of nitrogens with zero attached hydrogens (tertiary/aromatic N) is 2. The van der Waals surface area contributed by atoms with Gasteiger partial charge in [-0.1, -0.05) is 24.3 Å². The van der Waals surface area contributed by atoms with Crippen LogP contribution in [0.25, 0.3) is 0 Å². The SMILES string of the molecule is COc1ccc(C(O)CN(C)C(=O)CN2C(=O)c3ccccc3C2=O)cc1. The summed E-state index contributed by atoms with van der Waals surface area (Å²) in [6.07, 6.45) is -0.896. The molecule has 7 heteroatoms. The normalized spacial score (nSPS) is 14.1. The molecule has 0 fully saturated rings. The molecule has 2 aromatic rings. The van der Waals surface area contributed by atoms with E-state index in [1.165, 1.54) is 11.9 Å². The lowest BCUT2D eigenvalue weighted by Crippen LogP contribution is -2.42. The van der Waals surface area contributed by atoms with Gasteiger partial charge in [0.25, 0.3) is 11.8 Å². The molecule has 1 aliphatic rings. The zero-order valence-corrected chi connectivity index (χ0v) is 15.1. The number of aliphatic hydroxyl groups is 1. The third kappa shape index (κ3) is 3.68. The molecule has 1 aliphatic heterocycles. The summed E-state index contributed by atoms with van der Waals surface area (Å²) in [6.45, 7) is -0.327. The number of hydrogen-bond donors (Lipinski definition) is 1.